The number of ether oxygens (including phenoxy) is 2. The Morgan fingerprint density at radius 1 is 1.08 bits per heavy atom. The number of rotatable bonds is 2. The van der Waals surface area contributed by atoms with Gasteiger partial charge < -0.3 is 9.47 Å². The van der Waals surface area contributed by atoms with Gasteiger partial charge in [0.1, 0.15) is 0 Å². The van der Waals surface area contributed by atoms with E-state index < -0.39 is 0 Å². The van der Waals surface area contributed by atoms with Gasteiger partial charge in [0.25, 0.3) is 11.1 Å². The lowest BCUT2D eigenvalue weighted by Gasteiger charge is -2.14. The first-order valence-corrected chi connectivity index (χ1v) is 8.18. The molecule has 2 amide bonds. The van der Waals surface area contributed by atoms with E-state index in [1.807, 2.05) is 31.2 Å². The summed E-state index contributed by atoms with van der Waals surface area (Å²) < 4.78 is 10.6. The molecular formula is C18H13NO4S. The van der Waals surface area contributed by atoms with Gasteiger partial charge in [-0.1, -0.05) is 24.3 Å². The van der Waals surface area contributed by atoms with Crippen LogP contribution in [0.15, 0.2) is 47.4 Å². The average molecular weight is 339 g/mol. The number of thioether (sulfide) groups is 1. The van der Waals surface area contributed by atoms with Crippen molar-refractivity contribution in [1.29, 1.82) is 0 Å². The maximum atomic E-state index is 12.7. The van der Waals surface area contributed by atoms with Crippen molar-refractivity contribution in [3.8, 4) is 11.5 Å². The number of nitrogens with zero attached hydrogens (tertiary/aromatic N) is 1. The summed E-state index contributed by atoms with van der Waals surface area (Å²) in [6, 6.07) is 12.8. The van der Waals surface area contributed by atoms with Crippen LogP contribution in [0.25, 0.3) is 6.08 Å². The number of carbonyl (C=O) groups excluding carboxylic acids is 2. The third-order valence-corrected chi connectivity index (χ3v) is 4.71. The summed E-state index contributed by atoms with van der Waals surface area (Å²) in [5, 5.41) is -0.290. The van der Waals surface area contributed by atoms with Crippen LogP contribution in [0.5, 0.6) is 11.5 Å². The van der Waals surface area contributed by atoms with Crippen LogP contribution in [-0.2, 0) is 4.79 Å². The van der Waals surface area contributed by atoms with Crippen molar-refractivity contribution in [2.24, 2.45) is 0 Å². The quantitative estimate of drug-likeness (QED) is 0.775. The highest BCUT2D eigenvalue weighted by Crippen LogP contribution is 2.38. The molecule has 0 spiro atoms. The largest absolute Gasteiger partial charge is 0.454 e. The number of fused-ring (bicyclic) bond motifs is 1. The van der Waals surface area contributed by atoms with Crippen LogP contribution in [0.2, 0.25) is 0 Å². The summed E-state index contributed by atoms with van der Waals surface area (Å²) in [6.45, 7) is 2.07. The van der Waals surface area contributed by atoms with Crippen molar-refractivity contribution in [2.45, 2.75) is 6.92 Å². The predicted octanol–water partition coefficient (Wildman–Crippen LogP) is 3.96. The molecule has 1 fully saturated rings. The molecule has 0 atom stereocenters. The first-order chi connectivity index (χ1) is 11.6. The van der Waals surface area contributed by atoms with Crippen molar-refractivity contribution in [3.63, 3.8) is 0 Å². The monoisotopic (exact) mass is 339 g/mol. The van der Waals surface area contributed by atoms with Crippen molar-refractivity contribution < 1.29 is 19.1 Å². The van der Waals surface area contributed by atoms with Crippen molar-refractivity contribution in [3.05, 3.63) is 58.5 Å². The van der Waals surface area contributed by atoms with E-state index in [4.69, 9.17) is 9.47 Å². The average Bonchev–Trinajstić information content (AvgIpc) is 3.13. The van der Waals surface area contributed by atoms with Crippen LogP contribution in [0, 0.1) is 6.92 Å². The fourth-order valence-electron chi connectivity index (χ4n) is 2.64. The molecule has 2 aliphatic rings. The summed E-state index contributed by atoms with van der Waals surface area (Å²) in [6.07, 6.45) is 1.70. The molecule has 4 rings (SSSR count). The molecule has 2 aromatic carbocycles. The van der Waals surface area contributed by atoms with Crippen molar-refractivity contribution >= 4 is 34.7 Å². The molecule has 2 heterocycles. The van der Waals surface area contributed by atoms with Crippen LogP contribution < -0.4 is 14.4 Å². The topological polar surface area (TPSA) is 55.8 Å². The number of para-hydroxylation sites is 1. The molecule has 0 unspecified atom stereocenters. The van der Waals surface area contributed by atoms with Gasteiger partial charge in [-0.15, -0.1) is 0 Å². The third-order valence-electron chi connectivity index (χ3n) is 3.84. The SMILES string of the molecule is Cc1ccccc1N1C(=O)S/C(=C\c2ccc3c(c2)OCO3)C1=O. The van der Waals surface area contributed by atoms with E-state index in [9.17, 15) is 9.59 Å². The second kappa shape index (κ2) is 5.72. The number of aryl methyl sites for hydroxylation is 1. The van der Waals surface area contributed by atoms with Gasteiger partial charge in [0.2, 0.25) is 6.79 Å². The molecule has 2 aromatic rings. The third kappa shape index (κ3) is 2.45. The van der Waals surface area contributed by atoms with Gasteiger partial charge in [-0.2, -0.15) is 0 Å². The second-order valence-electron chi connectivity index (χ2n) is 5.42. The number of amides is 2. The van der Waals surface area contributed by atoms with Crippen LogP contribution in [0.3, 0.4) is 0 Å². The fourth-order valence-corrected chi connectivity index (χ4v) is 3.48. The summed E-state index contributed by atoms with van der Waals surface area (Å²) in [7, 11) is 0. The highest BCUT2D eigenvalue weighted by Gasteiger charge is 2.36. The standard InChI is InChI=1S/C18H13NO4S/c1-11-4-2-3-5-13(11)19-17(20)16(24-18(19)21)9-12-6-7-14-15(8-12)23-10-22-14/h2-9H,10H2,1H3/b16-9-. The zero-order valence-electron chi connectivity index (χ0n) is 12.8. The number of hydrogen-bond acceptors (Lipinski definition) is 5. The Morgan fingerprint density at radius 3 is 2.71 bits per heavy atom. The van der Waals surface area contributed by atoms with E-state index in [1.165, 1.54) is 4.90 Å². The molecular weight excluding hydrogens is 326 g/mol. The molecule has 0 bridgehead atoms. The molecule has 0 N–H and O–H groups in total. The Labute approximate surface area is 142 Å². The molecule has 0 aromatic heterocycles. The molecule has 0 radical (unpaired) electrons. The first kappa shape index (κ1) is 14.8. The minimum absolute atomic E-state index is 0.197. The van der Waals surface area contributed by atoms with Crippen molar-refractivity contribution in [1.82, 2.24) is 0 Å². The summed E-state index contributed by atoms with van der Waals surface area (Å²) in [5.41, 5.74) is 2.28. The van der Waals surface area contributed by atoms with Crippen molar-refractivity contribution in [2.75, 3.05) is 11.7 Å². The lowest BCUT2D eigenvalue weighted by molar-refractivity contribution is -0.113. The van der Waals surface area contributed by atoms with E-state index in [2.05, 4.69) is 0 Å². The molecule has 120 valence electrons. The Bertz CT molecular complexity index is 890. The highest BCUT2D eigenvalue weighted by molar-refractivity contribution is 8.19. The van der Waals surface area contributed by atoms with Gasteiger partial charge >= 0.3 is 0 Å². The van der Waals surface area contributed by atoms with Gasteiger partial charge in [0.15, 0.2) is 11.5 Å². The zero-order valence-corrected chi connectivity index (χ0v) is 13.6. The zero-order chi connectivity index (χ0) is 16.7. The van der Waals surface area contributed by atoms with Crippen LogP contribution in [0.1, 0.15) is 11.1 Å². The predicted molar refractivity (Wildman–Crippen MR) is 92.2 cm³/mol. The van der Waals surface area contributed by atoms with Crippen LogP contribution >= 0.6 is 11.8 Å². The Balaban J connectivity index is 1.67. The van der Waals surface area contributed by atoms with E-state index in [0.29, 0.717) is 22.1 Å². The van der Waals surface area contributed by atoms with E-state index in [-0.39, 0.29) is 17.9 Å². The molecule has 2 aliphatic heterocycles. The van der Waals surface area contributed by atoms with Gasteiger partial charge in [0.05, 0.1) is 10.6 Å². The van der Waals surface area contributed by atoms with Gasteiger partial charge in [0, 0.05) is 0 Å². The molecule has 0 aliphatic carbocycles. The van der Waals surface area contributed by atoms with Gasteiger partial charge in [-0.3, -0.25) is 9.59 Å². The number of carbonyl (C=O) groups is 2. The van der Waals surface area contributed by atoms with Gasteiger partial charge in [-0.25, -0.2) is 4.90 Å². The number of benzene rings is 2. The lowest BCUT2D eigenvalue weighted by atomic mass is 10.1. The smallest absolute Gasteiger partial charge is 0.298 e. The molecule has 5 nitrogen and oxygen atoms in total. The van der Waals surface area contributed by atoms with Crippen LogP contribution in [0.4, 0.5) is 10.5 Å². The number of imide groups is 1. The maximum Gasteiger partial charge on any atom is 0.298 e. The summed E-state index contributed by atoms with van der Waals surface area (Å²) in [4.78, 5) is 26.6. The lowest BCUT2D eigenvalue weighted by Crippen LogP contribution is -2.28. The Morgan fingerprint density at radius 2 is 1.88 bits per heavy atom. The highest BCUT2D eigenvalue weighted by atomic mass is 32.2. The van der Waals surface area contributed by atoms with E-state index in [1.54, 1.807) is 24.3 Å². The summed E-state index contributed by atoms with van der Waals surface area (Å²) >= 11 is 0.940. The normalized spacial score (nSPS) is 17.9. The first-order valence-electron chi connectivity index (χ1n) is 7.37. The Hall–Kier alpha value is -2.73. The van der Waals surface area contributed by atoms with E-state index >= 15 is 0 Å². The maximum absolute atomic E-state index is 12.7. The van der Waals surface area contributed by atoms with E-state index in [0.717, 1.165) is 22.9 Å². The Kier molecular flexibility index (Phi) is 3.54. The summed E-state index contributed by atoms with van der Waals surface area (Å²) in [5.74, 6) is 1.01. The number of hydrogen-bond donors (Lipinski definition) is 0. The van der Waals surface area contributed by atoms with Crippen LogP contribution in [-0.4, -0.2) is 17.9 Å². The van der Waals surface area contributed by atoms with Gasteiger partial charge in [-0.05, 0) is 54.1 Å². The molecule has 24 heavy (non-hydrogen) atoms. The molecule has 1 saturated heterocycles. The molecule has 6 heteroatoms. The second-order valence-corrected chi connectivity index (χ2v) is 6.41. The molecule has 0 saturated carbocycles. The minimum Gasteiger partial charge on any atom is -0.454 e. The minimum atomic E-state index is -0.308. The fraction of sp³-hybridized carbons (Fsp3) is 0.111. The number of anilines is 1.